The Labute approximate surface area is 149 Å². The van der Waals surface area contributed by atoms with E-state index in [0.717, 1.165) is 0 Å². The zero-order valence-corrected chi connectivity index (χ0v) is 14.2. The van der Waals surface area contributed by atoms with Crippen LogP contribution in [0, 0.1) is 0 Å². The van der Waals surface area contributed by atoms with Gasteiger partial charge in [-0.05, 0) is 30.5 Å². The Kier molecular flexibility index (Phi) is 6.79. The van der Waals surface area contributed by atoms with Gasteiger partial charge in [-0.1, -0.05) is 48.2 Å². The molecule has 128 valence electrons. The number of carbonyl (C=O) groups is 1. The molecular formula is C18H16N2O4S. The van der Waals surface area contributed by atoms with Crippen molar-refractivity contribution in [2.24, 2.45) is 0 Å². The van der Waals surface area contributed by atoms with Gasteiger partial charge >= 0.3 is 5.97 Å². The number of phenolic OH excluding ortho intramolecular Hbond substituents is 1. The average molecular weight is 356 g/mol. The van der Waals surface area contributed by atoms with Crippen molar-refractivity contribution < 1.29 is 19.7 Å². The number of aromatic hydroxyl groups is 1. The van der Waals surface area contributed by atoms with Gasteiger partial charge in [0.15, 0.2) is 5.16 Å². The number of hydrogen-bond acceptors (Lipinski definition) is 6. The highest BCUT2D eigenvalue weighted by molar-refractivity contribution is 7.98. The Bertz CT molecular complexity index is 814. The lowest BCUT2D eigenvalue weighted by molar-refractivity contribution is 0.0692. The number of carboxylic acid groups (broad SMARTS) is 1. The second-order valence-electron chi connectivity index (χ2n) is 4.63. The van der Waals surface area contributed by atoms with E-state index in [9.17, 15) is 4.79 Å². The summed E-state index contributed by atoms with van der Waals surface area (Å²) in [4.78, 5) is 19.0. The molecule has 0 aliphatic rings. The maximum absolute atomic E-state index is 11.0. The molecule has 0 aliphatic heterocycles. The smallest absolute Gasteiger partial charge is 0.342 e. The number of aromatic nitrogens is 2. The van der Waals surface area contributed by atoms with E-state index in [1.54, 1.807) is 48.5 Å². The molecule has 0 amide bonds. The number of rotatable bonds is 4. The first kappa shape index (κ1) is 18.3. The van der Waals surface area contributed by atoms with Crippen molar-refractivity contribution in [3.63, 3.8) is 0 Å². The Morgan fingerprint density at radius 2 is 1.64 bits per heavy atom. The molecule has 25 heavy (non-hydrogen) atoms. The van der Waals surface area contributed by atoms with Crippen molar-refractivity contribution in [3.8, 4) is 17.4 Å². The van der Waals surface area contributed by atoms with E-state index >= 15 is 0 Å². The summed E-state index contributed by atoms with van der Waals surface area (Å²) in [5.41, 5.74) is -0.0587. The lowest BCUT2D eigenvalue weighted by Gasteiger charge is -2.07. The van der Waals surface area contributed by atoms with Crippen molar-refractivity contribution in [1.29, 1.82) is 0 Å². The van der Waals surface area contributed by atoms with Gasteiger partial charge in [-0.2, -0.15) is 4.98 Å². The molecule has 0 fully saturated rings. The van der Waals surface area contributed by atoms with E-state index < -0.39 is 5.97 Å². The number of aromatic carboxylic acids is 1. The average Bonchev–Trinajstić information content (AvgIpc) is 2.63. The van der Waals surface area contributed by atoms with Crippen LogP contribution in [0.3, 0.4) is 0 Å². The predicted octanol–water partition coefficient (Wildman–Crippen LogP) is 4.08. The van der Waals surface area contributed by atoms with E-state index in [0.29, 0.717) is 16.7 Å². The minimum Gasteiger partial charge on any atom is -0.508 e. The maximum atomic E-state index is 11.0. The molecule has 3 rings (SSSR count). The van der Waals surface area contributed by atoms with Crippen molar-refractivity contribution in [2.75, 3.05) is 6.26 Å². The normalized spacial score (nSPS) is 9.64. The van der Waals surface area contributed by atoms with Gasteiger partial charge in [0.1, 0.15) is 17.1 Å². The van der Waals surface area contributed by atoms with Crippen molar-refractivity contribution in [1.82, 2.24) is 9.97 Å². The van der Waals surface area contributed by atoms with Crippen LogP contribution in [-0.2, 0) is 0 Å². The standard InChI is InChI=1S/C12H10N2O3S.C6H6O/c1-18-12-13-7-9(11(15)16)10(14-12)17-8-5-3-2-4-6-8;7-6-4-2-1-3-5-6/h2-7H,1H3,(H,15,16);1-5,7H. The van der Waals surface area contributed by atoms with Crippen LogP contribution >= 0.6 is 11.8 Å². The van der Waals surface area contributed by atoms with Crippen LogP contribution in [0.15, 0.2) is 72.0 Å². The fourth-order valence-electron chi connectivity index (χ4n) is 1.70. The van der Waals surface area contributed by atoms with Crippen molar-refractivity contribution >= 4 is 17.7 Å². The predicted molar refractivity (Wildman–Crippen MR) is 95.4 cm³/mol. The highest BCUT2D eigenvalue weighted by Crippen LogP contribution is 2.24. The molecule has 0 saturated carbocycles. The fourth-order valence-corrected chi connectivity index (χ4v) is 2.03. The number of nitrogens with zero attached hydrogens (tertiary/aromatic N) is 2. The van der Waals surface area contributed by atoms with E-state index in [-0.39, 0.29) is 11.4 Å². The van der Waals surface area contributed by atoms with Gasteiger partial charge < -0.3 is 14.9 Å². The van der Waals surface area contributed by atoms with E-state index in [4.69, 9.17) is 14.9 Å². The summed E-state index contributed by atoms with van der Waals surface area (Å²) in [6.45, 7) is 0. The van der Waals surface area contributed by atoms with Crippen molar-refractivity contribution in [2.45, 2.75) is 5.16 Å². The molecular weight excluding hydrogens is 340 g/mol. The molecule has 0 spiro atoms. The quantitative estimate of drug-likeness (QED) is 0.537. The first-order valence-electron chi connectivity index (χ1n) is 7.21. The zero-order chi connectivity index (χ0) is 18.1. The monoisotopic (exact) mass is 356 g/mol. The third-order valence-corrected chi connectivity index (χ3v) is 3.42. The Morgan fingerprint density at radius 1 is 1.04 bits per heavy atom. The van der Waals surface area contributed by atoms with E-state index in [1.807, 2.05) is 18.4 Å². The third-order valence-electron chi connectivity index (χ3n) is 2.86. The van der Waals surface area contributed by atoms with E-state index in [1.165, 1.54) is 18.0 Å². The molecule has 0 aliphatic carbocycles. The van der Waals surface area contributed by atoms with Crippen LogP contribution in [0.4, 0.5) is 0 Å². The maximum Gasteiger partial charge on any atom is 0.342 e. The molecule has 2 aromatic carbocycles. The molecule has 3 aromatic rings. The Hall–Kier alpha value is -3.06. The first-order chi connectivity index (χ1) is 12.1. The van der Waals surface area contributed by atoms with Gasteiger partial charge in [0.05, 0.1) is 0 Å². The minimum absolute atomic E-state index is 0.0491. The second-order valence-corrected chi connectivity index (χ2v) is 5.40. The number of benzene rings is 2. The summed E-state index contributed by atoms with van der Waals surface area (Å²) in [5, 5.41) is 18.1. The van der Waals surface area contributed by atoms with Crippen LogP contribution in [0.5, 0.6) is 17.4 Å². The lowest BCUT2D eigenvalue weighted by Crippen LogP contribution is -2.04. The lowest BCUT2D eigenvalue weighted by atomic mass is 10.3. The van der Waals surface area contributed by atoms with Gasteiger partial charge in [0.2, 0.25) is 5.88 Å². The minimum atomic E-state index is -1.12. The van der Waals surface area contributed by atoms with Gasteiger partial charge in [-0.3, -0.25) is 0 Å². The third kappa shape index (κ3) is 5.82. The first-order valence-corrected chi connectivity index (χ1v) is 8.44. The van der Waals surface area contributed by atoms with Gasteiger partial charge in [-0.25, -0.2) is 9.78 Å². The van der Waals surface area contributed by atoms with Crippen LogP contribution in [0.25, 0.3) is 0 Å². The summed E-state index contributed by atoms with van der Waals surface area (Å²) < 4.78 is 5.47. The number of carboxylic acids is 1. The zero-order valence-electron chi connectivity index (χ0n) is 13.4. The molecule has 2 N–H and O–H groups in total. The number of ether oxygens (including phenoxy) is 1. The summed E-state index contributed by atoms with van der Waals surface area (Å²) in [6.07, 6.45) is 3.06. The van der Waals surface area contributed by atoms with Crippen LogP contribution < -0.4 is 4.74 Å². The largest absolute Gasteiger partial charge is 0.508 e. The fraction of sp³-hybridized carbons (Fsp3) is 0.0556. The molecule has 6 nitrogen and oxygen atoms in total. The Balaban J connectivity index is 0.000000269. The molecule has 1 heterocycles. The van der Waals surface area contributed by atoms with Crippen molar-refractivity contribution in [3.05, 3.63) is 72.4 Å². The Morgan fingerprint density at radius 3 is 2.12 bits per heavy atom. The van der Waals surface area contributed by atoms with Crippen LogP contribution in [-0.4, -0.2) is 32.4 Å². The second kappa shape index (κ2) is 9.29. The summed E-state index contributed by atoms with van der Waals surface area (Å²) in [7, 11) is 0. The summed E-state index contributed by atoms with van der Waals surface area (Å²) >= 11 is 1.32. The highest BCUT2D eigenvalue weighted by atomic mass is 32.2. The molecule has 7 heteroatoms. The highest BCUT2D eigenvalue weighted by Gasteiger charge is 2.15. The topological polar surface area (TPSA) is 92.5 Å². The molecule has 1 aromatic heterocycles. The number of thioether (sulfide) groups is 1. The SMILES string of the molecule is CSc1ncc(C(=O)O)c(Oc2ccccc2)n1.Oc1ccccc1. The van der Waals surface area contributed by atoms with Gasteiger partial charge in [-0.15, -0.1) is 0 Å². The number of para-hydroxylation sites is 2. The van der Waals surface area contributed by atoms with Crippen LogP contribution in [0.2, 0.25) is 0 Å². The molecule has 0 atom stereocenters. The van der Waals surface area contributed by atoms with Gasteiger partial charge in [0.25, 0.3) is 0 Å². The summed E-state index contributed by atoms with van der Waals surface area (Å²) in [6, 6.07) is 17.6. The van der Waals surface area contributed by atoms with Gasteiger partial charge in [0, 0.05) is 6.20 Å². The van der Waals surface area contributed by atoms with E-state index in [2.05, 4.69) is 9.97 Å². The molecule has 0 unspecified atom stereocenters. The van der Waals surface area contributed by atoms with Crippen LogP contribution in [0.1, 0.15) is 10.4 Å². The number of phenols is 1. The molecule has 0 bridgehead atoms. The summed E-state index contributed by atoms with van der Waals surface area (Å²) in [5.74, 6) is -0.213. The molecule has 0 saturated heterocycles. The molecule has 0 radical (unpaired) electrons. The number of hydrogen-bond donors (Lipinski definition) is 2.